The minimum Gasteiger partial charge on any atom is -0.462 e. The van der Waals surface area contributed by atoms with Gasteiger partial charge >= 0.3 is 11.9 Å². The SMILES string of the molecule is CC(=O)O[C@H]1C[C@@H](C)C=C2C=C[C@H](C)[C@H](CC[C@@H]3C[C@@H](O)CC(=O)O3)[C@H]21. The van der Waals surface area contributed by atoms with E-state index in [4.69, 9.17) is 9.47 Å². The van der Waals surface area contributed by atoms with Crippen LogP contribution < -0.4 is 0 Å². The Kier molecular flexibility index (Phi) is 5.86. The van der Waals surface area contributed by atoms with Crippen LogP contribution in [0.25, 0.3) is 0 Å². The molecule has 1 fully saturated rings. The molecule has 0 aromatic rings. The lowest BCUT2D eigenvalue weighted by Gasteiger charge is -2.43. The molecule has 26 heavy (non-hydrogen) atoms. The van der Waals surface area contributed by atoms with Gasteiger partial charge in [0.2, 0.25) is 0 Å². The summed E-state index contributed by atoms with van der Waals surface area (Å²) in [6.45, 7) is 5.83. The quantitative estimate of drug-likeness (QED) is 0.778. The van der Waals surface area contributed by atoms with E-state index in [0.717, 1.165) is 19.3 Å². The van der Waals surface area contributed by atoms with E-state index in [0.29, 0.717) is 24.2 Å². The molecule has 0 amide bonds. The van der Waals surface area contributed by atoms with Crippen molar-refractivity contribution in [3.8, 4) is 0 Å². The van der Waals surface area contributed by atoms with Gasteiger partial charge in [0, 0.05) is 19.3 Å². The van der Waals surface area contributed by atoms with Gasteiger partial charge in [-0.1, -0.05) is 32.1 Å². The van der Waals surface area contributed by atoms with Crippen LogP contribution in [0.3, 0.4) is 0 Å². The fourth-order valence-electron chi connectivity index (χ4n) is 4.85. The Labute approximate surface area is 155 Å². The van der Waals surface area contributed by atoms with E-state index in [1.807, 2.05) is 0 Å². The molecule has 0 aromatic heterocycles. The maximum Gasteiger partial charge on any atom is 0.308 e. The lowest BCUT2D eigenvalue weighted by molar-refractivity contribution is -0.161. The molecule has 0 unspecified atom stereocenters. The highest BCUT2D eigenvalue weighted by atomic mass is 16.5. The molecule has 3 aliphatic rings. The van der Waals surface area contributed by atoms with Crippen LogP contribution >= 0.6 is 0 Å². The first-order valence-electron chi connectivity index (χ1n) is 9.78. The summed E-state index contributed by atoms with van der Waals surface area (Å²) >= 11 is 0. The molecular formula is C21H30O5. The Balaban J connectivity index is 1.73. The van der Waals surface area contributed by atoms with Crippen molar-refractivity contribution in [1.29, 1.82) is 0 Å². The fraction of sp³-hybridized carbons (Fsp3) is 0.714. The number of allylic oxidation sites excluding steroid dienone is 3. The number of hydrogen-bond donors (Lipinski definition) is 1. The molecule has 5 nitrogen and oxygen atoms in total. The average molecular weight is 362 g/mol. The van der Waals surface area contributed by atoms with E-state index >= 15 is 0 Å². The van der Waals surface area contributed by atoms with E-state index in [-0.39, 0.29) is 36.5 Å². The number of hydrogen-bond acceptors (Lipinski definition) is 5. The first-order chi connectivity index (χ1) is 12.3. The van der Waals surface area contributed by atoms with Gasteiger partial charge in [-0.05, 0) is 42.6 Å². The highest BCUT2D eigenvalue weighted by Crippen LogP contribution is 2.45. The van der Waals surface area contributed by atoms with Gasteiger partial charge in [-0.25, -0.2) is 0 Å². The van der Waals surface area contributed by atoms with Gasteiger partial charge in [0.15, 0.2) is 0 Å². The minimum atomic E-state index is -0.593. The summed E-state index contributed by atoms with van der Waals surface area (Å²) in [6.07, 6.45) is 8.88. The number of cyclic esters (lactones) is 1. The zero-order valence-electron chi connectivity index (χ0n) is 15.9. The van der Waals surface area contributed by atoms with Crippen molar-refractivity contribution in [1.82, 2.24) is 0 Å². The number of carbonyl (C=O) groups is 2. The number of esters is 2. The summed E-state index contributed by atoms with van der Waals surface area (Å²) in [5.41, 5.74) is 1.26. The number of ether oxygens (including phenoxy) is 2. The van der Waals surface area contributed by atoms with Crippen molar-refractivity contribution in [2.24, 2.45) is 23.7 Å². The maximum atomic E-state index is 11.6. The molecule has 0 spiro atoms. The second kappa shape index (κ2) is 7.95. The molecule has 3 rings (SSSR count). The van der Waals surface area contributed by atoms with Crippen molar-refractivity contribution >= 4 is 11.9 Å². The molecule has 0 radical (unpaired) electrons. The Morgan fingerprint density at radius 1 is 1.31 bits per heavy atom. The fourth-order valence-corrected chi connectivity index (χ4v) is 4.85. The maximum absolute atomic E-state index is 11.6. The molecule has 144 valence electrons. The third-order valence-electron chi connectivity index (χ3n) is 5.97. The standard InChI is InChI=1S/C21H30O5/c1-12-8-15-5-4-13(2)18(21(15)19(9-12)25-14(3)22)7-6-17-10-16(23)11-20(24)26-17/h4-5,8,12-13,16-19,21,23H,6-7,9-11H2,1-3H3/t12-,13-,16+,17+,18-,19-,21-/m0/s1. The van der Waals surface area contributed by atoms with E-state index < -0.39 is 6.10 Å². The Morgan fingerprint density at radius 2 is 2.08 bits per heavy atom. The molecule has 5 heteroatoms. The molecular weight excluding hydrogens is 332 g/mol. The van der Waals surface area contributed by atoms with E-state index in [2.05, 4.69) is 32.1 Å². The van der Waals surface area contributed by atoms with E-state index in [1.165, 1.54) is 12.5 Å². The van der Waals surface area contributed by atoms with Crippen molar-refractivity contribution < 1.29 is 24.2 Å². The largest absolute Gasteiger partial charge is 0.462 e. The number of aliphatic hydroxyl groups excluding tert-OH is 1. The van der Waals surface area contributed by atoms with Crippen LogP contribution in [0.5, 0.6) is 0 Å². The summed E-state index contributed by atoms with van der Waals surface area (Å²) in [4.78, 5) is 23.2. The van der Waals surface area contributed by atoms with Gasteiger partial charge < -0.3 is 14.6 Å². The Bertz CT molecular complexity index is 608. The predicted octanol–water partition coefficient (Wildman–Crippen LogP) is 3.17. The molecule has 1 N–H and O–H groups in total. The smallest absolute Gasteiger partial charge is 0.308 e. The second-order valence-electron chi connectivity index (χ2n) is 8.22. The molecule has 1 saturated heterocycles. The Hall–Kier alpha value is -1.62. The highest BCUT2D eigenvalue weighted by Gasteiger charge is 2.41. The molecule has 0 aromatic carbocycles. The van der Waals surface area contributed by atoms with Crippen molar-refractivity contribution in [3.63, 3.8) is 0 Å². The van der Waals surface area contributed by atoms with Gasteiger partial charge in [0.25, 0.3) is 0 Å². The van der Waals surface area contributed by atoms with Gasteiger partial charge in [0.1, 0.15) is 12.2 Å². The summed E-state index contributed by atoms with van der Waals surface area (Å²) in [7, 11) is 0. The van der Waals surface area contributed by atoms with Crippen molar-refractivity contribution in [2.45, 2.75) is 71.2 Å². The lowest BCUT2D eigenvalue weighted by atomic mass is 9.65. The van der Waals surface area contributed by atoms with Crippen LogP contribution in [-0.4, -0.2) is 35.4 Å². The summed E-state index contributed by atoms with van der Waals surface area (Å²) < 4.78 is 11.1. The number of rotatable bonds is 4. The van der Waals surface area contributed by atoms with Crippen LogP contribution in [0.4, 0.5) is 0 Å². The van der Waals surface area contributed by atoms with E-state index in [9.17, 15) is 14.7 Å². The van der Waals surface area contributed by atoms with Crippen molar-refractivity contribution in [2.75, 3.05) is 0 Å². The predicted molar refractivity (Wildman–Crippen MR) is 97.1 cm³/mol. The number of aliphatic hydroxyl groups is 1. The zero-order valence-corrected chi connectivity index (χ0v) is 15.9. The number of fused-ring (bicyclic) bond motifs is 1. The molecule has 7 atom stereocenters. The first-order valence-corrected chi connectivity index (χ1v) is 9.78. The third-order valence-corrected chi connectivity index (χ3v) is 5.97. The van der Waals surface area contributed by atoms with Crippen LogP contribution in [0.1, 0.15) is 52.9 Å². The monoisotopic (exact) mass is 362 g/mol. The molecule has 1 heterocycles. The molecule has 0 bridgehead atoms. The lowest BCUT2D eigenvalue weighted by Crippen LogP contribution is -2.41. The van der Waals surface area contributed by atoms with Crippen LogP contribution in [0, 0.1) is 23.7 Å². The first kappa shape index (κ1) is 19.2. The number of carbonyl (C=O) groups excluding carboxylic acids is 2. The second-order valence-corrected chi connectivity index (χ2v) is 8.22. The van der Waals surface area contributed by atoms with Crippen LogP contribution in [0.2, 0.25) is 0 Å². The molecule has 1 aliphatic heterocycles. The van der Waals surface area contributed by atoms with Gasteiger partial charge in [-0.15, -0.1) is 0 Å². The normalized spacial score (nSPS) is 39.6. The molecule has 0 saturated carbocycles. The van der Waals surface area contributed by atoms with Crippen molar-refractivity contribution in [3.05, 3.63) is 23.8 Å². The van der Waals surface area contributed by atoms with Gasteiger partial charge in [-0.2, -0.15) is 0 Å². The zero-order chi connectivity index (χ0) is 18.8. The summed E-state index contributed by atoms with van der Waals surface area (Å²) in [6, 6.07) is 0. The molecule has 2 aliphatic carbocycles. The highest BCUT2D eigenvalue weighted by molar-refractivity contribution is 5.71. The summed E-state index contributed by atoms with van der Waals surface area (Å²) in [5, 5.41) is 9.82. The average Bonchev–Trinajstić information content (AvgIpc) is 2.52. The van der Waals surface area contributed by atoms with Gasteiger partial charge in [0.05, 0.1) is 12.5 Å². The van der Waals surface area contributed by atoms with Crippen LogP contribution in [0.15, 0.2) is 23.8 Å². The topological polar surface area (TPSA) is 72.8 Å². The Morgan fingerprint density at radius 3 is 2.77 bits per heavy atom. The van der Waals surface area contributed by atoms with Crippen LogP contribution in [-0.2, 0) is 19.1 Å². The van der Waals surface area contributed by atoms with E-state index in [1.54, 1.807) is 0 Å². The summed E-state index contributed by atoms with van der Waals surface area (Å²) in [5.74, 6) is 0.746. The third kappa shape index (κ3) is 4.37. The minimum absolute atomic E-state index is 0.0978. The van der Waals surface area contributed by atoms with Gasteiger partial charge in [-0.3, -0.25) is 9.59 Å².